The van der Waals surface area contributed by atoms with Gasteiger partial charge in [-0.1, -0.05) is 20.8 Å². The Labute approximate surface area is 116 Å². The molecule has 3 heteroatoms. The van der Waals surface area contributed by atoms with Crippen molar-refractivity contribution in [1.29, 1.82) is 0 Å². The number of pyridine rings is 1. The molecule has 1 rings (SSSR count). The summed E-state index contributed by atoms with van der Waals surface area (Å²) < 4.78 is 0. The molecule has 0 amide bonds. The van der Waals surface area contributed by atoms with Crippen molar-refractivity contribution in [1.82, 2.24) is 10.3 Å². The van der Waals surface area contributed by atoms with E-state index >= 15 is 0 Å². The molecule has 0 aliphatic carbocycles. The van der Waals surface area contributed by atoms with Crippen LogP contribution in [0.1, 0.15) is 38.4 Å². The van der Waals surface area contributed by atoms with Crippen molar-refractivity contribution in [2.45, 2.75) is 46.1 Å². The molecular weight excluding hydrogens is 240 g/mol. The zero-order chi connectivity index (χ0) is 13.6. The van der Waals surface area contributed by atoms with Crippen molar-refractivity contribution < 1.29 is 0 Å². The fourth-order valence-electron chi connectivity index (χ4n) is 1.69. The van der Waals surface area contributed by atoms with Crippen LogP contribution in [-0.4, -0.2) is 23.8 Å². The average molecular weight is 266 g/mol. The number of aryl methyl sites for hydroxylation is 2. The number of aromatic nitrogens is 1. The summed E-state index contributed by atoms with van der Waals surface area (Å²) in [6.45, 7) is 13.2. The van der Waals surface area contributed by atoms with Gasteiger partial charge in [0, 0.05) is 18.0 Å². The third-order valence-electron chi connectivity index (χ3n) is 2.65. The molecule has 1 N–H and O–H groups in total. The fraction of sp³-hybridized carbons (Fsp3) is 0.667. The molecular formula is C15H26N2S. The molecule has 0 fully saturated rings. The van der Waals surface area contributed by atoms with Gasteiger partial charge in [-0.05, 0) is 49.9 Å². The van der Waals surface area contributed by atoms with E-state index in [4.69, 9.17) is 0 Å². The van der Waals surface area contributed by atoms with Gasteiger partial charge in [0.15, 0.2) is 0 Å². The van der Waals surface area contributed by atoms with Gasteiger partial charge in [0.05, 0.1) is 5.03 Å². The largest absolute Gasteiger partial charge is 0.316 e. The summed E-state index contributed by atoms with van der Waals surface area (Å²) in [4.78, 5) is 4.53. The molecule has 0 spiro atoms. The molecule has 1 aromatic heterocycles. The Hall–Kier alpha value is -0.540. The monoisotopic (exact) mass is 266 g/mol. The maximum Gasteiger partial charge on any atom is 0.0966 e. The van der Waals surface area contributed by atoms with E-state index < -0.39 is 0 Å². The number of hydrogen-bond acceptors (Lipinski definition) is 3. The zero-order valence-corrected chi connectivity index (χ0v) is 13.2. The van der Waals surface area contributed by atoms with Crippen LogP contribution in [0, 0.1) is 19.3 Å². The maximum atomic E-state index is 4.53. The lowest BCUT2D eigenvalue weighted by atomic mass is 9.92. The number of nitrogens with zero attached hydrogens (tertiary/aromatic N) is 1. The van der Waals surface area contributed by atoms with Crippen molar-refractivity contribution in [3.05, 3.63) is 23.4 Å². The summed E-state index contributed by atoms with van der Waals surface area (Å²) >= 11 is 1.83. The third kappa shape index (κ3) is 7.02. The standard InChI is InChI=1S/C15H26N2S/c1-12-10-13(2)17-14(11-12)18-9-8-16-7-6-15(3,4)5/h10-11,16H,6-9H2,1-5H3. The van der Waals surface area contributed by atoms with E-state index in [1.807, 2.05) is 11.8 Å². The fourth-order valence-corrected chi connectivity index (χ4v) is 2.63. The topological polar surface area (TPSA) is 24.9 Å². The number of rotatable bonds is 6. The van der Waals surface area contributed by atoms with Gasteiger partial charge in [-0.15, -0.1) is 11.8 Å². The van der Waals surface area contributed by atoms with Gasteiger partial charge >= 0.3 is 0 Å². The van der Waals surface area contributed by atoms with E-state index in [0.717, 1.165) is 29.6 Å². The van der Waals surface area contributed by atoms with Gasteiger partial charge in [0.1, 0.15) is 0 Å². The molecule has 0 saturated carbocycles. The smallest absolute Gasteiger partial charge is 0.0966 e. The summed E-state index contributed by atoms with van der Waals surface area (Å²) in [5.41, 5.74) is 2.83. The number of nitrogens with one attached hydrogen (secondary N) is 1. The van der Waals surface area contributed by atoms with Gasteiger partial charge < -0.3 is 5.32 Å². The van der Waals surface area contributed by atoms with E-state index in [2.05, 4.69) is 57.1 Å². The summed E-state index contributed by atoms with van der Waals surface area (Å²) in [6.07, 6.45) is 1.22. The van der Waals surface area contributed by atoms with E-state index in [9.17, 15) is 0 Å². The molecule has 0 radical (unpaired) electrons. The minimum Gasteiger partial charge on any atom is -0.316 e. The highest BCUT2D eigenvalue weighted by Crippen LogP contribution is 2.18. The maximum absolute atomic E-state index is 4.53. The minimum absolute atomic E-state index is 0.426. The van der Waals surface area contributed by atoms with Crippen molar-refractivity contribution in [3.63, 3.8) is 0 Å². The van der Waals surface area contributed by atoms with Crippen molar-refractivity contribution >= 4 is 11.8 Å². The van der Waals surface area contributed by atoms with E-state index in [0.29, 0.717) is 5.41 Å². The van der Waals surface area contributed by atoms with Crippen LogP contribution in [0.3, 0.4) is 0 Å². The molecule has 0 aromatic carbocycles. The van der Waals surface area contributed by atoms with E-state index in [-0.39, 0.29) is 0 Å². The first-order chi connectivity index (χ1) is 8.37. The van der Waals surface area contributed by atoms with Crippen LogP contribution in [0.5, 0.6) is 0 Å². The summed E-state index contributed by atoms with van der Waals surface area (Å²) in [7, 11) is 0. The SMILES string of the molecule is Cc1cc(C)nc(SCCNCCC(C)(C)C)c1. The van der Waals surface area contributed by atoms with E-state index in [1.54, 1.807) is 0 Å². The van der Waals surface area contributed by atoms with Crippen molar-refractivity contribution in [2.75, 3.05) is 18.8 Å². The first-order valence-corrected chi connectivity index (χ1v) is 7.64. The minimum atomic E-state index is 0.426. The van der Waals surface area contributed by atoms with Crippen LogP contribution in [0.4, 0.5) is 0 Å². The van der Waals surface area contributed by atoms with Crippen LogP contribution >= 0.6 is 11.8 Å². The number of hydrogen-bond donors (Lipinski definition) is 1. The quantitative estimate of drug-likeness (QED) is 0.626. The molecule has 0 atom stereocenters. The third-order valence-corrected chi connectivity index (χ3v) is 3.57. The Balaban J connectivity index is 2.18. The van der Waals surface area contributed by atoms with Crippen molar-refractivity contribution in [3.8, 4) is 0 Å². The molecule has 2 nitrogen and oxygen atoms in total. The Kier molecular flexibility index (Phi) is 6.16. The first-order valence-electron chi connectivity index (χ1n) is 6.66. The first kappa shape index (κ1) is 15.5. The molecule has 18 heavy (non-hydrogen) atoms. The Morgan fingerprint density at radius 2 is 1.89 bits per heavy atom. The second-order valence-electron chi connectivity index (χ2n) is 6.03. The molecule has 1 aromatic rings. The van der Waals surface area contributed by atoms with Gasteiger partial charge in [-0.2, -0.15) is 0 Å². The number of thioether (sulfide) groups is 1. The van der Waals surface area contributed by atoms with Gasteiger partial charge in [0.25, 0.3) is 0 Å². The lowest BCUT2D eigenvalue weighted by Crippen LogP contribution is -2.22. The Morgan fingerprint density at radius 1 is 1.17 bits per heavy atom. The highest BCUT2D eigenvalue weighted by Gasteiger charge is 2.08. The van der Waals surface area contributed by atoms with E-state index in [1.165, 1.54) is 12.0 Å². The predicted octanol–water partition coefficient (Wildman–Crippen LogP) is 3.82. The van der Waals surface area contributed by atoms with Crippen LogP contribution < -0.4 is 5.32 Å². The second-order valence-corrected chi connectivity index (χ2v) is 7.15. The second kappa shape index (κ2) is 7.15. The molecule has 0 unspecified atom stereocenters. The summed E-state index contributed by atoms with van der Waals surface area (Å²) in [5, 5.41) is 4.64. The summed E-state index contributed by atoms with van der Waals surface area (Å²) in [5.74, 6) is 1.08. The molecule has 0 saturated heterocycles. The normalized spacial score (nSPS) is 11.8. The Morgan fingerprint density at radius 3 is 2.50 bits per heavy atom. The lowest BCUT2D eigenvalue weighted by molar-refractivity contribution is 0.369. The summed E-state index contributed by atoms with van der Waals surface area (Å²) in [6, 6.07) is 4.28. The molecule has 0 aliphatic rings. The average Bonchev–Trinajstić information content (AvgIpc) is 2.20. The molecule has 0 bridgehead atoms. The van der Waals surface area contributed by atoms with Gasteiger partial charge in [-0.3, -0.25) is 0 Å². The highest BCUT2D eigenvalue weighted by atomic mass is 32.2. The Bertz CT molecular complexity index is 349. The van der Waals surface area contributed by atoms with Crippen LogP contribution in [0.25, 0.3) is 0 Å². The molecule has 0 aliphatic heterocycles. The van der Waals surface area contributed by atoms with Crippen LogP contribution in [0.15, 0.2) is 17.2 Å². The van der Waals surface area contributed by atoms with Crippen LogP contribution in [-0.2, 0) is 0 Å². The zero-order valence-electron chi connectivity index (χ0n) is 12.3. The van der Waals surface area contributed by atoms with Crippen molar-refractivity contribution in [2.24, 2.45) is 5.41 Å². The van der Waals surface area contributed by atoms with Gasteiger partial charge in [0.2, 0.25) is 0 Å². The lowest BCUT2D eigenvalue weighted by Gasteiger charge is -2.17. The van der Waals surface area contributed by atoms with Crippen LogP contribution in [0.2, 0.25) is 0 Å². The predicted molar refractivity (Wildman–Crippen MR) is 81.4 cm³/mol. The highest BCUT2D eigenvalue weighted by molar-refractivity contribution is 7.99. The molecule has 102 valence electrons. The molecule has 1 heterocycles. The van der Waals surface area contributed by atoms with Gasteiger partial charge in [-0.25, -0.2) is 4.98 Å².